The van der Waals surface area contributed by atoms with Crippen LogP contribution < -0.4 is 19.5 Å². The van der Waals surface area contributed by atoms with E-state index in [-0.39, 0.29) is 17.7 Å². The number of benzene rings is 2. The zero-order chi connectivity index (χ0) is 29.9. The minimum absolute atomic E-state index is 0.151. The average molecular weight is 589 g/mol. The molecule has 2 aliphatic heterocycles. The van der Waals surface area contributed by atoms with Crippen LogP contribution in [0.3, 0.4) is 0 Å². The molecule has 2 fully saturated rings. The highest BCUT2D eigenvalue weighted by molar-refractivity contribution is 7.92. The van der Waals surface area contributed by atoms with Gasteiger partial charge < -0.3 is 24.8 Å². The average Bonchev–Trinajstić information content (AvgIpc) is 2.92. The number of carbonyl (C=O) groups is 2. The van der Waals surface area contributed by atoms with E-state index in [1.807, 2.05) is 45.0 Å². The molecule has 0 aliphatic carbocycles. The molecule has 2 amide bonds. The van der Waals surface area contributed by atoms with E-state index in [9.17, 15) is 23.1 Å². The molecule has 224 valence electrons. The lowest BCUT2D eigenvalue weighted by Gasteiger charge is -2.52. The number of aliphatic hydroxyl groups is 1. The first-order chi connectivity index (χ1) is 19.4. The number of ether oxygens (including phenoxy) is 2. The number of rotatable bonds is 10. The van der Waals surface area contributed by atoms with Gasteiger partial charge in [-0.05, 0) is 55.5 Å². The molecule has 12 heteroatoms. The topological polar surface area (TPSA) is 138 Å². The van der Waals surface area contributed by atoms with E-state index >= 15 is 0 Å². The molecule has 2 saturated heterocycles. The summed E-state index contributed by atoms with van der Waals surface area (Å²) >= 11 is 0. The lowest BCUT2D eigenvalue weighted by molar-refractivity contribution is -0.165. The summed E-state index contributed by atoms with van der Waals surface area (Å²) in [6.45, 7) is 7.94. The summed E-state index contributed by atoms with van der Waals surface area (Å²) in [7, 11) is -1.93. The van der Waals surface area contributed by atoms with Crippen molar-refractivity contribution in [2.24, 2.45) is 5.92 Å². The van der Waals surface area contributed by atoms with Gasteiger partial charge >= 0.3 is 0 Å². The van der Waals surface area contributed by atoms with Gasteiger partial charge in [0, 0.05) is 32.2 Å². The quantitative estimate of drug-likeness (QED) is 0.385. The fourth-order valence-electron chi connectivity index (χ4n) is 5.57. The number of anilines is 1. The van der Waals surface area contributed by atoms with Gasteiger partial charge in [-0.1, -0.05) is 26.0 Å². The Morgan fingerprint density at radius 1 is 1.10 bits per heavy atom. The van der Waals surface area contributed by atoms with Crippen LogP contribution >= 0.6 is 0 Å². The van der Waals surface area contributed by atoms with Gasteiger partial charge in [0.1, 0.15) is 17.3 Å². The van der Waals surface area contributed by atoms with E-state index in [1.54, 1.807) is 23.1 Å². The van der Waals surface area contributed by atoms with Gasteiger partial charge in [0.05, 0.1) is 25.2 Å². The van der Waals surface area contributed by atoms with E-state index in [4.69, 9.17) is 9.47 Å². The fourth-order valence-corrected chi connectivity index (χ4v) is 6.12. The molecule has 0 saturated carbocycles. The van der Waals surface area contributed by atoms with Gasteiger partial charge in [0.2, 0.25) is 21.8 Å². The van der Waals surface area contributed by atoms with Crippen molar-refractivity contribution in [3.8, 4) is 17.2 Å². The van der Waals surface area contributed by atoms with Crippen LogP contribution in [0.15, 0.2) is 42.5 Å². The number of piperidine rings is 1. The number of likely N-dealkylation sites (tertiary alicyclic amines) is 1. The smallest absolute Gasteiger partial charge is 0.248 e. The van der Waals surface area contributed by atoms with Gasteiger partial charge in [-0.2, -0.15) is 0 Å². The number of nitrogens with zero attached hydrogens (tertiary/aromatic N) is 2. The SMILES string of the molecule is CCN1C(=O)[C@@H]([C@H](O)C(C)C)NC(=O)C12CCN(Cc1ccc(Oc3ccc(NS(C)(=O)=O)cc3OC)cc1)CC2. The lowest BCUT2D eigenvalue weighted by Crippen LogP contribution is -2.74. The number of sulfonamides is 1. The second kappa shape index (κ2) is 12.3. The summed E-state index contributed by atoms with van der Waals surface area (Å²) < 4.78 is 36.8. The van der Waals surface area contributed by atoms with Crippen LogP contribution in [0, 0.1) is 5.92 Å². The molecule has 2 heterocycles. The molecule has 0 radical (unpaired) electrons. The molecule has 0 unspecified atom stereocenters. The molecule has 1 spiro atoms. The molecule has 11 nitrogen and oxygen atoms in total. The van der Waals surface area contributed by atoms with Gasteiger partial charge in [0.15, 0.2) is 11.5 Å². The van der Waals surface area contributed by atoms with E-state index in [0.717, 1.165) is 11.8 Å². The van der Waals surface area contributed by atoms with Crippen LogP contribution in [0.1, 0.15) is 39.2 Å². The molecular formula is C29H40N4O7S. The van der Waals surface area contributed by atoms with Crippen molar-refractivity contribution in [3.05, 3.63) is 48.0 Å². The first-order valence-corrected chi connectivity index (χ1v) is 15.7. The molecule has 2 aliphatic rings. The summed E-state index contributed by atoms with van der Waals surface area (Å²) in [5.74, 6) is 0.895. The molecule has 0 bridgehead atoms. The number of hydrogen-bond acceptors (Lipinski definition) is 8. The van der Waals surface area contributed by atoms with Gasteiger partial charge in [0.25, 0.3) is 0 Å². The summed E-state index contributed by atoms with van der Waals surface area (Å²) in [5.41, 5.74) is 0.559. The Labute approximate surface area is 241 Å². The third kappa shape index (κ3) is 6.77. The standard InChI is InChI=1S/C29H40N4O7S/c1-6-33-27(35)25(26(34)19(2)3)30-28(36)29(33)13-15-32(16-14-29)18-20-7-10-22(11-8-20)40-23-12-9-21(17-24(23)39-4)31-41(5,37)38/h7-12,17,19,25-26,31,34H,6,13-16,18H2,1-5H3,(H,30,36)/t25-,26-/m1/s1. The summed E-state index contributed by atoms with van der Waals surface area (Å²) in [4.78, 5) is 30.5. The van der Waals surface area contributed by atoms with Crippen molar-refractivity contribution in [1.82, 2.24) is 15.1 Å². The Hall–Kier alpha value is -3.35. The normalized spacial score (nSPS) is 20.2. The van der Waals surface area contributed by atoms with Crippen molar-refractivity contribution < 1.29 is 32.6 Å². The van der Waals surface area contributed by atoms with Gasteiger partial charge in [-0.25, -0.2) is 8.42 Å². The minimum atomic E-state index is -3.41. The van der Waals surface area contributed by atoms with Gasteiger partial charge in [-0.15, -0.1) is 0 Å². The summed E-state index contributed by atoms with van der Waals surface area (Å²) in [6.07, 6.45) is 1.19. The number of aliphatic hydroxyl groups excluding tert-OH is 1. The summed E-state index contributed by atoms with van der Waals surface area (Å²) in [6, 6.07) is 11.5. The number of methoxy groups -OCH3 is 1. The number of piperazine rings is 1. The van der Waals surface area contributed by atoms with Crippen LogP contribution in [0.2, 0.25) is 0 Å². The Kier molecular flexibility index (Phi) is 9.15. The Bertz CT molecular complexity index is 1360. The van der Waals surface area contributed by atoms with E-state index in [0.29, 0.717) is 62.0 Å². The fraction of sp³-hybridized carbons (Fsp3) is 0.517. The highest BCUT2D eigenvalue weighted by Crippen LogP contribution is 2.36. The highest BCUT2D eigenvalue weighted by Gasteiger charge is 2.54. The van der Waals surface area contributed by atoms with Gasteiger partial charge in [-0.3, -0.25) is 19.2 Å². The molecule has 3 N–H and O–H groups in total. The number of nitrogens with one attached hydrogen (secondary N) is 2. The third-order valence-electron chi connectivity index (χ3n) is 7.81. The molecule has 0 aromatic heterocycles. The second-order valence-electron chi connectivity index (χ2n) is 11.1. The molecule has 2 atom stereocenters. The van der Waals surface area contributed by atoms with Crippen LogP contribution in [-0.4, -0.2) is 85.8 Å². The Balaban J connectivity index is 1.37. The van der Waals surface area contributed by atoms with Crippen molar-refractivity contribution >= 4 is 27.5 Å². The van der Waals surface area contributed by atoms with Crippen molar-refractivity contribution in [3.63, 3.8) is 0 Å². The predicted molar refractivity (Wildman–Crippen MR) is 155 cm³/mol. The first kappa shape index (κ1) is 30.6. The van der Waals surface area contributed by atoms with Crippen LogP contribution in [0.5, 0.6) is 17.2 Å². The van der Waals surface area contributed by atoms with Crippen LogP contribution in [0.4, 0.5) is 5.69 Å². The van der Waals surface area contributed by atoms with E-state index < -0.39 is 27.7 Å². The maximum atomic E-state index is 13.3. The predicted octanol–water partition coefficient (Wildman–Crippen LogP) is 2.56. The lowest BCUT2D eigenvalue weighted by atomic mass is 9.80. The van der Waals surface area contributed by atoms with Crippen LogP contribution in [-0.2, 0) is 26.2 Å². The van der Waals surface area contributed by atoms with E-state index in [2.05, 4.69) is 14.9 Å². The largest absolute Gasteiger partial charge is 0.493 e. The van der Waals surface area contributed by atoms with Crippen molar-refractivity contribution in [1.29, 1.82) is 0 Å². The second-order valence-corrected chi connectivity index (χ2v) is 12.8. The Morgan fingerprint density at radius 2 is 1.76 bits per heavy atom. The minimum Gasteiger partial charge on any atom is -0.493 e. The Morgan fingerprint density at radius 3 is 2.32 bits per heavy atom. The van der Waals surface area contributed by atoms with Crippen molar-refractivity contribution in [2.45, 2.75) is 57.8 Å². The highest BCUT2D eigenvalue weighted by atomic mass is 32.2. The molecule has 2 aromatic rings. The zero-order valence-corrected chi connectivity index (χ0v) is 25.0. The molecule has 4 rings (SSSR count). The third-order valence-corrected chi connectivity index (χ3v) is 8.41. The van der Waals surface area contributed by atoms with Crippen LogP contribution in [0.25, 0.3) is 0 Å². The maximum Gasteiger partial charge on any atom is 0.248 e. The monoisotopic (exact) mass is 588 g/mol. The first-order valence-electron chi connectivity index (χ1n) is 13.8. The molecule has 2 aromatic carbocycles. The van der Waals surface area contributed by atoms with E-state index in [1.165, 1.54) is 7.11 Å². The summed E-state index contributed by atoms with van der Waals surface area (Å²) in [5, 5.41) is 13.3. The molecule has 41 heavy (non-hydrogen) atoms. The zero-order valence-electron chi connectivity index (χ0n) is 24.2. The number of amides is 2. The number of hydrogen-bond donors (Lipinski definition) is 3. The maximum absolute atomic E-state index is 13.3. The molecular weight excluding hydrogens is 548 g/mol. The van der Waals surface area contributed by atoms with Crippen molar-refractivity contribution in [2.75, 3.05) is 37.7 Å². The number of carbonyl (C=O) groups excluding carboxylic acids is 2. The number of likely N-dealkylation sites (N-methyl/N-ethyl adjacent to an activating group) is 1.